The van der Waals surface area contributed by atoms with E-state index in [2.05, 4.69) is 26.2 Å². The number of fused-ring (bicyclic) bond motifs is 1. The third kappa shape index (κ3) is 2.82. The smallest absolute Gasteiger partial charge is 0.269 e. The zero-order valence-corrected chi connectivity index (χ0v) is 12.5. The van der Waals surface area contributed by atoms with Crippen LogP contribution >= 0.6 is 15.9 Å². The van der Waals surface area contributed by atoms with Gasteiger partial charge in [-0.05, 0) is 34.8 Å². The fourth-order valence-corrected chi connectivity index (χ4v) is 2.47. The summed E-state index contributed by atoms with van der Waals surface area (Å²) >= 11 is 3.46. The number of H-pyrrole nitrogens is 1. The summed E-state index contributed by atoms with van der Waals surface area (Å²) in [6.07, 6.45) is 0. The molecule has 2 unspecified atom stereocenters. The van der Waals surface area contributed by atoms with E-state index in [9.17, 15) is 4.79 Å². The van der Waals surface area contributed by atoms with Crippen LogP contribution in [0.15, 0.2) is 28.7 Å². The van der Waals surface area contributed by atoms with Gasteiger partial charge in [-0.2, -0.15) is 0 Å². The van der Waals surface area contributed by atoms with Gasteiger partial charge in [0.2, 0.25) is 0 Å². The molecule has 0 radical (unpaired) electrons. The summed E-state index contributed by atoms with van der Waals surface area (Å²) in [7, 11) is 0. The highest BCUT2D eigenvalue weighted by Crippen LogP contribution is 2.27. The van der Waals surface area contributed by atoms with Crippen molar-refractivity contribution >= 4 is 32.7 Å². The molecule has 0 aliphatic carbocycles. The number of benzene rings is 1. The van der Waals surface area contributed by atoms with Crippen LogP contribution in [0, 0.1) is 5.92 Å². The zero-order valence-electron chi connectivity index (χ0n) is 10.9. The Labute approximate surface area is 120 Å². The second-order valence-corrected chi connectivity index (χ2v) is 5.57. The van der Waals surface area contributed by atoms with Crippen LogP contribution in [-0.2, 0) is 0 Å². The Morgan fingerprint density at radius 1 is 1.42 bits per heavy atom. The Balaban J connectivity index is 2.24. The number of aromatic nitrogens is 1. The van der Waals surface area contributed by atoms with E-state index < -0.39 is 0 Å². The monoisotopic (exact) mass is 324 g/mol. The van der Waals surface area contributed by atoms with Gasteiger partial charge in [-0.3, -0.25) is 4.79 Å². The summed E-state index contributed by atoms with van der Waals surface area (Å²) in [5.74, 6) is -0.150. The number of hydrogen-bond donors (Lipinski definition) is 3. The molecule has 2 rings (SSSR count). The van der Waals surface area contributed by atoms with Gasteiger partial charge in [0, 0.05) is 23.6 Å². The maximum absolute atomic E-state index is 12.2. The van der Waals surface area contributed by atoms with Gasteiger partial charge in [-0.25, -0.2) is 0 Å². The van der Waals surface area contributed by atoms with Crippen molar-refractivity contribution in [2.45, 2.75) is 19.9 Å². The van der Waals surface area contributed by atoms with E-state index in [0.29, 0.717) is 5.69 Å². The minimum absolute atomic E-state index is 0.0205. The number of rotatable bonds is 4. The van der Waals surface area contributed by atoms with Crippen molar-refractivity contribution in [1.29, 1.82) is 0 Å². The highest BCUT2D eigenvalue weighted by atomic mass is 79.9. The average molecular weight is 325 g/mol. The first kappa shape index (κ1) is 14.1. The van der Waals surface area contributed by atoms with E-state index in [4.69, 9.17) is 5.11 Å². The van der Waals surface area contributed by atoms with Crippen LogP contribution in [0.4, 0.5) is 0 Å². The predicted octanol–water partition coefficient (Wildman–Crippen LogP) is 2.68. The van der Waals surface area contributed by atoms with Crippen molar-refractivity contribution < 1.29 is 9.90 Å². The van der Waals surface area contributed by atoms with E-state index in [-0.39, 0.29) is 24.5 Å². The van der Waals surface area contributed by atoms with Gasteiger partial charge < -0.3 is 15.4 Å². The van der Waals surface area contributed by atoms with Gasteiger partial charge in [0.15, 0.2) is 0 Å². The quantitative estimate of drug-likeness (QED) is 0.809. The number of aliphatic hydroxyl groups is 1. The van der Waals surface area contributed by atoms with Crippen LogP contribution in [0.5, 0.6) is 0 Å². The van der Waals surface area contributed by atoms with Crippen molar-refractivity contribution in [2.24, 2.45) is 5.92 Å². The van der Waals surface area contributed by atoms with Gasteiger partial charge in [0.05, 0.1) is 4.47 Å². The Morgan fingerprint density at radius 2 is 2.11 bits per heavy atom. The first-order valence-corrected chi connectivity index (χ1v) is 7.01. The first-order valence-electron chi connectivity index (χ1n) is 6.22. The molecule has 1 amide bonds. The number of para-hydroxylation sites is 1. The van der Waals surface area contributed by atoms with E-state index >= 15 is 0 Å². The lowest BCUT2D eigenvalue weighted by atomic mass is 10.1. The molecule has 0 saturated carbocycles. The molecule has 1 aromatic heterocycles. The molecule has 0 spiro atoms. The summed E-state index contributed by atoms with van der Waals surface area (Å²) < 4.78 is 0.768. The van der Waals surface area contributed by atoms with E-state index in [1.165, 1.54) is 0 Å². The number of halogens is 1. The molecule has 1 heterocycles. The minimum Gasteiger partial charge on any atom is -0.396 e. The Morgan fingerprint density at radius 3 is 2.74 bits per heavy atom. The Kier molecular flexibility index (Phi) is 4.27. The molecule has 0 aliphatic heterocycles. The fourth-order valence-electron chi connectivity index (χ4n) is 1.84. The molecular formula is C14H17BrN2O2. The van der Waals surface area contributed by atoms with Crippen LogP contribution in [0.1, 0.15) is 24.3 Å². The van der Waals surface area contributed by atoms with Crippen LogP contribution < -0.4 is 5.32 Å². The number of carbonyl (C=O) groups excluding carboxylic acids is 1. The molecule has 0 saturated heterocycles. The standard InChI is InChI=1S/C14H17BrN2O2/c1-8(7-18)9(2)16-14(19)13-12(15)10-5-3-4-6-11(10)17-13/h3-6,8-9,17-18H,7H2,1-2H3,(H,16,19). The number of amides is 1. The molecule has 0 aliphatic rings. The maximum Gasteiger partial charge on any atom is 0.269 e. The molecule has 1 aromatic carbocycles. The number of nitrogens with one attached hydrogen (secondary N) is 2. The van der Waals surface area contributed by atoms with Gasteiger partial charge in [-0.1, -0.05) is 25.1 Å². The molecule has 5 heteroatoms. The summed E-state index contributed by atoms with van der Waals surface area (Å²) in [5, 5.41) is 13.0. The SMILES string of the molecule is CC(CO)C(C)NC(=O)c1[nH]c2ccccc2c1Br. The van der Waals surface area contributed by atoms with Crippen molar-refractivity contribution in [3.63, 3.8) is 0 Å². The molecule has 4 nitrogen and oxygen atoms in total. The summed E-state index contributed by atoms with van der Waals surface area (Å²) in [6.45, 7) is 3.83. The van der Waals surface area contributed by atoms with Crippen LogP contribution in [0.3, 0.4) is 0 Å². The lowest BCUT2D eigenvalue weighted by Gasteiger charge is -2.18. The normalized spacial score (nSPS) is 14.3. The number of aromatic amines is 1. The van der Waals surface area contributed by atoms with E-state index in [1.807, 2.05) is 38.1 Å². The fraction of sp³-hybridized carbons (Fsp3) is 0.357. The number of hydrogen-bond acceptors (Lipinski definition) is 2. The van der Waals surface area contributed by atoms with Gasteiger partial charge in [0.1, 0.15) is 5.69 Å². The van der Waals surface area contributed by atoms with Crippen molar-refractivity contribution in [3.8, 4) is 0 Å². The minimum atomic E-state index is -0.170. The predicted molar refractivity (Wildman–Crippen MR) is 79.2 cm³/mol. The lowest BCUT2D eigenvalue weighted by Crippen LogP contribution is -2.38. The largest absolute Gasteiger partial charge is 0.396 e. The molecule has 19 heavy (non-hydrogen) atoms. The molecular weight excluding hydrogens is 308 g/mol. The van der Waals surface area contributed by atoms with Crippen LogP contribution in [0.2, 0.25) is 0 Å². The molecule has 3 N–H and O–H groups in total. The number of carbonyl (C=O) groups is 1. The zero-order chi connectivity index (χ0) is 14.0. The molecule has 0 bridgehead atoms. The average Bonchev–Trinajstić information content (AvgIpc) is 2.75. The third-order valence-electron chi connectivity index (χ3n) is 3.37. The van der Waals surface area contributed by atoms with Crippen LogP contribution in [0.25, 0.3) is 10.9 Å². The first-order chi connectivity index (χ1) is 9.04. The van der Waals surface area contributed by atoms with Crippen LogP contribution in [-0.4, -0.2) is 28.6 Å². The maximum atomic E-state index is 12.2. The topological polar surface area (TPSA) is 65.1 Å². The second kappa shape index (κ2) is 5.75. The second-order valence-electron chi connectivity index (χ2n) is 4.78. The molecule has 102 valence electrons. The highest BCUT2D eigenvalue weighted by molar-refractivity contribution is 9.10. The summed E-state index contributed by atoms with van der Waals surface area (Å²) in [6, 6.07) is 7.64. The molecule has 0 fully saturated rings. The highest BCUT2D eigenvalue weighted by Gasteiger charge is 2.19. The van der Waals surface area contributed by atoms with Crippen molar-refractivity contribution in [1.82, 2.24) is 10.3 Å². The summed E-state index contributed by atoms with van der Waals surface area (Å²) in [5.41, 5.74) is 1.43. The molecule has 2 aromatic rings. The van der Waals surface area contributed by atoms with E-state index in [1.54, 1.807) is 0 Å². The van der Waals surface area contributed by atoms with Gasteiger partial charge in [0.25, 0.3) is 5.91 Å². The summed E-state index contributed by atoms with van der Waals surface area (Å²) in [4.78, 5) is 15.3. The van der Waals surface area contributed by atoms with Gasteiger partial charge >= 0.3 is 0 Å². The van der Waals surface area contributed by atoms with E-state index in [0.717, 1.165) is 15.4 Å². The third-order valence-corrected chi connectivity index (χ3v) is 4.19. The lowest BCUT2D eigenvalue weighted by molar-refractivity contribution is 0.0911. The Hall–Kier alpha value is -1.33. The Bertz CT molecular complexity index is 594. The van der Waals surface area contributed by atoms with Crippen molar-refractivity contribution in [2.75, 3.05) is 6.61 Å². The molecule has 2 atom stereocenters. The van der Waals surface area contributed by atoms with Gasteiger partial charge in [-0.15, -0.1) is 0 Å². The number of aliphatic hydroxyl groups excluding tert-OH is 1. The van der Waals surface area contributed by atoms with Crippen molar-refractivity contribution in [3.05, 3.63) is 34.4 Å².